The van der Waals surface area contributed by atoms with Crippen LogP contribution in [0, 0.1) is 0 Å². The van der Waals surface area contributed by atoms with Gasteiger partial charge in [0.05, 0.1) is 25.5 Å². The van der Waals surface area contributed by atoms with Crippen molar-refractivity contribution >= 4 is 16.8 Å². The number of hydrogen-bond donors (Lipinski definition) is 2. The van der Waals surface area contributed by atoms with Crippen LogP contribution in [0.1, 0.15) is 27.5 Å². The number of fused-ring (bicyclic) bond motifs is 1. The van der Waals surface area contributed by atoms with E-state index in [1.165, 1.54) is 19.2 Å². The Kier molecular flexibility index (Phi) is 6.94. The zero-order valence-electron chi connectivity index (χ0n) is 20.5. The van der Waals surface area contributed by atoms with Crippen molar-refractivity contribution in [3.63, 3.8) is 0 Å². The second kappa shape index (κ2) is 10.5. The fraction of sp³-hybridized carbons (Fsp3) is 0.148. The zero-order valence-corrected chi connectivity index (χ0v) is 20.5. The van der Waals surface area contributed by atoms with Crippen LogP contribution in [0.5, 0.6) is 5.75 Å². The number of nitrogens with one attached hydrogen (secondary N) is 1. The molecule has 3 aromatic heterocycles. The number of carbonyl (C=O) groups excluding carboxylic acids is 1. The molecule has 0 spiro atoms. The van der Waals surface area contributed by atoms with Gasteiger partial charge < -0.3 is 20.2 Å². The van der Waals surface area contributed by atoms with E-state index in [0.717, 1.165) is 22.9 Å². The summed E-state index contributed by atoms with van der Waals surface area (Å²) in [6, 6.07) is 12.6. The van der Waals surface area contributed by atoms with Gasteiger partial charge in [0.2, 0.25) is 5.89 Å². The Labute approximate surface area is 219 Å². The molecule has 5 aromatic rings. The molecule has 0 fully saturated rings. The monoisotopic (exact) mass is 534 g/mol. The number of methoxy groups -OCH3 is 1. The SMILES string of the molecule is COc1ccc(-c2nc(C(=O)NCc3ccc(-c4cnccn4)cc3)c(CN)o2)c2ccc(C(F)(F)F)nc12. The highest BCUT2D eigenvalue weighted by Gasteiger charge is 2.33. The minimum Gasteiger partial charge on any atom is -0.494 e. The fourth-order valence-electron chi connectivity index (χ4n) is 3.99. The number of hydrogen-bond acceptors (Lipinski definition) is 8. The largest absolute Gasteiger partial charge is 0.494 e. The number of alkyl halides is 3. The maximum atomic E-state index is 13.3. The van der Waals surface area contributed by atoms with Crippen LogP contribution in [0.25, 0.3) is 33.6 Å². The van der Waals surface area contributed by atoms with Gasteiger partial charge in [0.15, 0.2) is 11.5 Å². The Morgan fingerprint density at radius 3 is 2.51 bits per heavy atom. The van der Waals surface area contributed by atoms with E-state index in [1.54, 1.807) is 24.7 Å². The molecule has 0 saturated heterocycles. The standard InChI is InChI=1S/C27H21F3N6O3/c1-38-20-8-6-18(17-7-9-22(27(28,29)30)35-23(17)20)26-36-24(21(12-31)39-26)25(37)34-13-15-2-4-16(5-3-15)19-14-32-10-11-33-19/h2-11,14H,12-13,31H2,1H3,(H,34,37). The molecule has 9 nitrogen and oxygen atoms in total. The van der Waals surface area contributed by atoms with Gasteiger partial charge in [0.25, 0.3) is 5.91 Å². The molecule has 2 aromatic carbocycles. The maximum absolute atomic E-state index is 13.3. The first-order chi connectivity index (χ1) is 18.8. The van der Waals surface area contributed by atoms with Crippen LogP contribution >= 0.6 is 0 Å². The number of halogens is 3. The number of amides is 1. The van der Waals surface area contributed by atoms with Gasteiger partial charge >= 0.3 is 6.18 Å². The third kappa shape index (κ3) is 5.27. The van der Waals surface area contributed by atoms with Crippen LogP contribution in [0.15, 0.2) is 71.5 Å². The molecule has 198 valence electrons. The summed E-state index contributed by atoms with van der Waals surface area (Å²) in [6.45, 7) is 0.0918. The first-order valence-corrected chi connectivity index (χ1v) is 11.7. The number of carbonyl (C=O) groups is 1. The molecule has 12 heteroatoms. The van der Waals surface area contributed by atoms with Crippen LogP contribution in [0.2, 0.25) is 0 Å². The lowest BCUT2D eigenvalue weighted by Crippen LogP contribution is -2.24. The van der Waals surface area contributed by atoms with Crippen molar-refractivity contribution in [3.05, 3.63) is 89.8 Å². The van der Waals surface area contributed by atoms with Crippen molar-refractivity contribution in [2.45, 2.75) is 19.3 Å². The topological polar surface area (TPSA) is 129 Å². The number of oxazole rings is 1. The molecule has 0 unspecified atom stereocenters. The number of ether oxygens (including phenoxy) is 1. The number of nitrogens with zero attached hydrogens (tertiary/aromatic N) is 4. The molecule has 5 rings (SSSR count). The van der Waals surface area contributed by atoms with Crippen LogP contribution in [-0.2, 0) is 19.3 Å². The first-order valence-electron chi connectivity index (χ1n) is 11.7. The summed E-state index contributed by atoms with van der Waals surface area (Å²) in [5, 5.41) is 3.10. The molecule has 0 atom stereocenters. The Morgan fingerprint density at radius 1 is 1.05 bits per heavy atom. The van der Waals surface area contributed by atoms with Crippen molar-refractivity contribution in [2.75, 3.05) is 7.11 Å². The average Bonchev–Trinajstić information content (AvgIpc) is 3.40. The van der Waals surface area contributed by atoms with Crippen LogP contribution in [-0.4, -0.2) is 33.0 Å². The molecule has 0 aliphatic heterocycles. The van der Waals surface area contributed by atoms with Crippen molar-refractivity contribution in [1.29, 1.82) is 0 Å². The zero-order chi connectivity index (χ0) is 27.6. The molecule has 3 N–H and O–H groups in total. The van der Waals surface area contributed by atoms with Gasteiger partial charge in [0.1, 0.15) is 17.0 Å². The van der Waals surface area contributed by atoms with Crippen molar-refractivity contribution in [3.8, 4) is 28.5 Å². The molecular weight excluding hydrogens is 513 g/mol. The highest BCUT2D eigenvalue weighted by atomic mass is 19.4. The third-order valence-electron chi connectivity index (χ3n) is 5.92. The molecule has 0 aliphatic carbocycles. The fourth-order valence-corrected chi connectivity index (χ4v) is 3.99. The van der Waals surface area contributed by atoms with Gasteiger partial charge in [-0.3, -0.25) is 14.8 Å². The molecule has 3 heterocycles. The van der Waals surface area contributed by atoms with Gasteiger partial charge in [0, 0.05) is 35.5 Å². The quantitative estimate of drug-likeness (QED) is 0.306. The van der Waals surface area contributed by atoms with E-state index >= 15 is 0 Å². The van der Waals surface area contributed by atoms with Crippen LogP contribution in [0.3, 0.4) is 0 Å². The van der Waals surface area contributed by atoms with Crippen LogP contribution < -0.4 is 15.8 Å². The predicted molar refractivity (Wildman–Crippen MR) is 135 cm³/mol. The molecular formula is C27H21F3N6O3. The Bertz CT molecular complexity index is 1640. The summed E-state index contributed by atoms with van der Waals surface area (Å²) >= 11 is 0. The van der Waals surface area contributed by atoms with E-state index in [9.17, 15) is 18.0 Å². The van der Waals surface area contributed by atoms with E-state index in [4.69, 9.17) is 14.9 Å². The number of aromatic nitrogens is 4. The minimum atomic E-state index is -4.63. The summed E-state index contributed by atoms with van der Waals surface area (Å²) in [6.07, 6.45) is 0.225. The van der Waals surface area contributed by atoms with Gasteiger partial charge in [-0.05, 0) is 29.8 Å². The van der Waals surface area contributed by atoms with Crippen LogP contribution in [0.4, 0.5) is 13.2 Å². The minimum absolute atomic E-state index is 0.0168. The van der Waals surface area contributed by atoms with E-state index in [2.05, 4.69) is 25.3 Å². The number of benzene rings is 2. The van der Waals surface area contributed by atoms with Gasteiger partial charge in [-0.1, -0.05) is 24.3 Å². The Morgan fingerprint density at radius 2 is 1.85 bits per heavy atom. The number of pyridine rings is 1. The van der Waals surface area contributed by atoms with Gasteiger partial charge in [-0.2, -0.15) is 13.2 Å². The van der Waals surface area contributed by atoms with Gasteiger partial charge in [-0.15, -0.1) is 0 Å². The summed E-state index contributed by atoms with van der Waals surface area (Å²) in [5.74, 6) is -0.222. The molecule has 1 amide bonds. The smallest absolute Gasteiger partial charge is 0.433 e. The number of nitrogens with two attached hydrogens (primary N) is 1. The molecule has 0 bridgehead atoms. The molecule has 0 saturated carbocycles. The predicted octanol–water partition coefficient (Wildman–Crippen LogP) is 4.76. The summed E-state index contributed by atoms with van der Waals surface area (Å²) < 4.78 is 50.8. The summed E-state index contributed by atoms with van der Waals surface area (Å²) in [4.78, 5) is 29.4. The van der Waals surface area contributed by atoms with Crippen molar-refractivity contribution in [2.24, 2.45) is 5.73 Å². The van der Waals surface area contributed by atoms with Crippen molar-refractivity contribution in [1.82, 2.24) is 25.3 Å². The third-order valence-corrected chi connectivity index (χ3v) is 5.92. The lowest BCUT2D eigenvalue weighted by Gasteiger charge is -2.11. The summed E-state index contributed by atoms with van der Waals surface area (Å²) in [7, 11) is 1.33. The second-order valence-corrected chi connectivity index (χ2v) is 8.37. The lowest BCUT2D eigenvalue weighted by atomic mass is 10.1. The highest BCUT2D eigenvalue weighted by molar-refractivity contribution is 5.98. The second-order valence-electron chi connectivity index (χ2n) is 8.37. The van der Waals surface area contributed by atoms with E-state index in [-0.39, 0.29) is 41.7 Å². The van der Waals surface area contributed by atoms with Crippen molar-refractivity contribution < 1.29 is 27.1 Å². The Balaban J connectivity index is 1.40. The van der Waals surface area contributed by atoms with E-state index < -0.39 is 17.8 Å². The normalized spacial score (nSPS) is 11.5. The maximum Gasteiger partial charge on any atom is 0.433 e. The van der Waals surface area contributed by atoms with E-state index in [0.29, 0.717) is 10.9 Å². The first kappa shape index (κ1) is 25.8. The lowest BCUT2D eigenvalue weighted by molar-refractivity contribution is -0.140. The highest BCUT2D eigenvalue weighted by Crippen LogP contribution is 2.37. The Hall–Kier alpha value is -4.84. The van der Waals surface area contributed by atoms with E-state index in [1.807, 2.05) is 24.3 Å². The molecule has 39 heavy (non-hydrogen) atoms. The average molecular weight is 534 g/mol. The molecule has 0 radical (unpaired) electrons. The molecule has 0 aliphatic rings. The van der Waals surface area contributed by atoms with Gasteiger partial charge in [-0.25, -0.2) is 9.97 Å². The summed E-state index contributed by atoms with van der Waals surface area (Å²) in [5.41, 5.74) is 7.48. The number of rotatable bonds is 7.